The summed E-state index contributed by atoms with van der Waals surface area (Å²) in [4.78, 5) is 14.8. The van der Waals surface area contributed by atoms with Crippen LogP contribution in [-0.4, -0.2) is 18.4 Å². The van der Waals surface area contributed by atoms with E-state index in [1.165, 1.54) is 0 Å². The van der Waals surface area contributed by atoms with Gasteiger partial charge in [0.25, 0.3) is 0 Å². The number of ether oxygens (including phenoxy) is 1. The van der Waals surface area contributed by atoms with Crippen molar-refractivity contribution < 1.29 is 9.53 Å². The van der Waals surface area contributed by atoms with Crippen LogP contribution in [0.15, 0.2) is 42.7 Å². The number of methoxy groups -OCH3 is 1. The van der Waals surface area contributed by atoms with Gasteiger partial charge in [-0.05, 0) is 35.4 Å². The van der Waals surface area contributed by atoms with Gasteiger partial charge in [0.05, 0.1) is 12.7 Å². The number of hydrogen-bond donors (Lipinski definition) is 0. The number of hydrogen-bond acceptors (Lipinski definition) is 3. The number of aromatic nitrogens is 1. The fraction of sp³-hybridized carbons (Fsp3) is 0.200. The highest BCUT2D eigenvalue weighted by atomic mass is 16.5. The molecule has 3 nitrogen and oxygen atoms in total. The molecule has 94 valence electrons. The maximum absolute atomic E-state index is 10.9. The van der Waals surface area contributed by atoms with E-state index in [2.05, 4.69) is 4.98 Å². The Bertz CT molecular complexity index is 495. The number of rotatable bonds is 3. The van der Waals surface area contributed by atoms with Gasteiger partial charge in [-0.3, -0.25) is 9.78 Å². The van der Waals surface area contributed by atoms with E-state index in [-0.39, 0.29) is 0 Å². The third-order valence-electron chi connectivity index (χ3n) is 2.37. The summed E-state index contributed by atoms with van der Waals surface area (Å²) in [6.07, 6.45) is 4.24. The molecule has 0 spiro atoms. The van der Waals surface area contributed by atoms with E-state index in [1.54, 1.807) is 31.6 Å². The maximum Gasteiger partial charge on any atom is 0.153 e. The number of nitrogens with zero attached hydrogens (tertiary/aromatic N) is 1. The van der Waals surface area contributed by atoms with Gasteiger partial charge >= 0.3 is 0 Å². The highest BCUT2D eigenvalue weighted by Crippen LogP contribution is 2.24. The van der Waals surface area contributed by atoms with Gasteiger partial charge < -0.3 is 4.74 Å². The van der Waals surface area contributed by atoms with Crippen molar-refractivity contribution >= 4 is 6.29 Å². The van der Waals surface area contributed by atoms with E-state index in [4.69, 9.17) is 4.74 Å². The molecule has 1 aromatic heterocycles. The van der Waals surface area contributed by atoms with E-state index in [9.17, 15) is 4.79 Å². The van der Waals surface area contributed by atoms with Crippen LogP contribution in [-0.2, 0) is 0 Å². The molecule has 0 saturated carbocycles. The third kappa shape index (κ3) is 3.17. The van der Waals surface area contributed by atoms with Gasteiger partial charge in [0.1, 0.15) is 5.75 Å². The molecular weight excluding hydrogens is 226 g/mol. The molecule has 0 saturated heterocycles. The largest absolute Gasteiger partial charge is 0.496 e. The summed E-state index contributed by atoms with van der Waals surface area (Å²) in [6.45, 7) is 4.00. The molecule has 0 N–H and O–H groups in total. The Morgan fingerprint density at radius 1 is 1.06 bits per heavy atom. The number of pyridine rings is 1. The van der Waals surface area contributed by atoms with Crippen LogP contribution in [0.1, 0.15) is 24.2 Å². The Kier molecular flexibility index (Phi) is 5.58. The first-order valence-electron chi connectivity index (χ1n) is 5.89. The lowest BCUT2D eigenvalue weighted by Crippen LogP contribution is -1.91. The van der Waals surface area contributed by atoms with Gasteiger partial charge in [-0.2, -0.15) is 0 Å². The monoisotopic (exact) mass is 243 g/mol. The molecule has 0 atom stereocenters. The molecule has 0 aliphatic heterocycles. The topological polar surface area (TPSA) is 39.2 Å². The van der Waals surface area contributed by atoms with Crippen LogP contribution in [0.3, 0.4) is 0 Å². The molecule has 3 heteroatoms. The van der Waals surface area contributed by atoms with Crippen molar-refractivity contribution in [3.05, 3.63) is 48.3 Å². The summed E-state index contributed by atoms with van der Waals surface area (Å²) in [5, 5.41) is 0. The zero-order valence-electron chi connectivity index (χ0n) is 10.9. The Morgan fingerprint density at radius 3 is 2.28 bits per heavy atom. The van der Waals surface area contributed by atoms with Crippen LogP contribution in [0.5, 0.6) is 5.75 Å². The second kappa shape index (κ2) is 7.22. The van der Waals surface area contributed by atoms with Crippen molar-refractivity contribution in [2.45, 2.75) is 13.8 Å². The summed E-state index contributed by atoms with van der Waals surface area (Å²) in [7, 11) is 1.55. The lowest BCUT2D eigenvalue weighted by Gasteiger charge is -2.06. The van der Waals surface area contributed by atoms with Crippen LogP contribution < -0.4 is 4.74 Å². The second-order valence-corrected chi connectivity index (χ2v) is 3.31. The predicted molar refractivity (Wildman–Crippen MR) is 73.0 cm³/mol. The Balaban J connectivity index is 0.000000771. The molecule has 2 rings (SSSR count). The minimum Gasteiger partial charge on any atom is -0.496 e. The van der Waals surface area contributed by atoms with Crippen molar-refractivity contribution in [1.29, 1.82) is 0 Å². The van der Waals surface area contributed by atoms with Gasteiger partial charge in [-0.25, -0.2) is 0 Å². The van der Waals surface area contributed by atoms with Crippen LogP contribution in [0.4, 0.5) is 0 Å². The Hall–Kier alpha value is -2.16. The molecule has 0 bridgehead atoms. The number of aldehydes is 1. The first-order chi connectivity index (χ1) is 8.85. The predicted octanol–water partition coefficient (Wildman–Crippen LogP) is 3.60. The summed E-state index contributed by atoms with van der Waals surface area (Å²) < 4.78 is 5.08. The van der Waals surface area contributed by atoms with E-state index < -0.39 is 0 Å². The lowest BCUT2D eigenvalue weighted by molar-refractivity contribution is 0.112. The molecule has 0 amide bonds. The minimum atomic E-state index is 0.553. The quantitative estimate of drug-likeness (QED) is 0.773. The number of carbonyl (C=O) groups excluding carboxylic acids is 1. The SMILES string of the molecule is CC.COc1ccc(-c2ccncc2)cc1C=O. The van der Waals surface area contributed by atoms with Gasteiger partial charge in [-0.15, -0.1) is 0 Å². The van der Waals surface area contributed by atoms with Gasteiger partial charge in [-0.1, -0.05) is 19.9 Å². The number of carbonyl (C=O) groups is 1. The molecule has 0 fully saturated rings. The van der Waals surface area contributed by atoms with Crippen molar-refractivity contribution in [3.63, 3.8) is 0 Å². The lowest BCUT2D eigenvalue weighted by atomic mass is 10.0. The molecule has 2 aromatic rings. The van der Waals surface area contributed by atoms with Crippen molar-refractivity contribution in [2.75, 3.05) is 7.11 Å². The average molecular weight is 243 g/mol. The first-order valence-corrected chi connectivity index (χ1v) is 5.89. The highest BCUT2D eigenvalue weighted by Gasteiger charge is 2.04. The van der Waals surface area contributed by atoms with Crippen molar-refractivity contribution in [1.82, 2.24) is 4.98 Å². The molecule has 0 aliphatic carbocycles. The van der Waals surface area contributed by atoms with Gasteiger partial charge in [0.15, 0.2) is 6.29 Å². The van der Waals surface area contributed by atoms with Crippen molar-refractivity contribution in [2.24, 2.45) is 0 Å². The Morgan fingerprint density at radius 2 is 1.72 bits per heavy atom. The molecule has 0 unspecified atom stereocenters. The van der Waals surface area contributed by atoms with Crippen molar-refractivity contribution in [3.8, 4) is 16.9 Å². The molecular formula is C15H17NO2. The Labute approximate surface area is 107 Å². The van der Waals surface area contributed by atoms with Crippen LogP contribution >= 0.6 is 0 Å². The summed E-state index contributed by atoms with van der Waals surface area (Å²) in [5.74, 6) is 0.591. The van der Waals surface area contributed by atoms with Gasteiger partial charge in [0, 0.05) is 12.4 Å². The number of benzene rings is 1. The van der Waals surface area contributed by atoms with Crippen LogP contribution in [0, 0.1) is 0 Å². The maximum atomic E-state index is 10.9. The zero-order chi connectivity index (χ0) is 13.4. The molecule has 1 aromatic carbocycles. The van der Waals surface area contributed by atoms with E-state index in [1.807, 2.05) is 32.0 Å². The highest BCUT2D eigenvalue weighted by molar-refractivity contribution is 5.82. The van der Waals surface area contributed by atoms with Crippen LogP contribution in [0.2, 0.25) is 0 Å². The van der Waals surface area contributed by atoms with E-state index in [0.717, 1.165) is 17.4 Å². The average Bonchev–Trinajstić information content (AvgIpc) is 2.49. The van der Waals surface area contributed by atoms with Crippen LogP contribution in [0.25, 0.3) is 11.1 Å². The fourth-order valence-corrected chi connectivity index (χ4v) is 1.55. The first kappa shape index (κ1) is 13.9. The smallest absolute Gasteiger partial charge is 0.153 e. The fourth-order valence-electron chi connectivity index (χ4n) is 1.55. The minimum absolute atomic E-state index is 0.553. The summed E-state index contributed by atoms with van der Waals surface area (Å²) in [6, 6.07) is 9.31. The molecule has 0 radical (unpaired) electrons. The molecule has 18 heavy (non-hydrogen) atoms. The summed E-state index contributed by atoms with van der Waals surface area (Å²) >= 11 is 0. The normalized spacial score (nSPS) is 9.06. The van der Waals surface area contributed by atoms with Gasteiger partial charge in [0.2, 0.25) is 0 Å². The molecule has 0 aliphatic rings. The zero-order valence-corrected chi connectivity index (χ0v) is 10.9. The summed E-state index contributed by atoms with van der Waals surface area (Å²) in [5.41, 5.74) is 2.56. The van der Waals surface area contributed by atoms with E-state index >= 15 is 0 Å². The van der Waals surface area contributed by atoms with E-state index in [0.29, 0.717) is 11.3 Å². The standard InChI is InChI=1S/C13H11NO2.C2H6/c1-16-13-3-2-11(8-12(13)9-15)10-4-6-14-7-5-10;1-2/h2-9H,1H3;1-2H3. The molecule has 1 heterocycles. The second-order valence-electron chi connectivity index (χ2n) is 3.31. The third-order valence-corrected chi connectivity index (χ3v) is 2.37.